The van der Waals surface area contributed by atoms with Gasteiger partial charge in [0, 0.05) is 32.7 Å². The van der Waals surface area contributed by atoms with Crippen LogP contribution in [0.5, 0.6) is 0 Å². The summed E-state index contributed by atoms with van der Waals surface area (Å²) < 4.78 is 5.70. The minimum atomic E-state index is 0. The molecule has 2 aliphatic heterocycles. The molecule has 2 unspecified atom stereocenters. The monoisotopic (exact) mass is 503 g/mol. The Morgan fingerprint density at radius 2 is 2.00 bits per heavy atom. The quantitative estimate of drug-likeness (QED) is 0.246. The molecule has 0 saturated carbocycles. The van der Waals surface area contributed by atoms with Gasteiger partial charge in [0.25, 0.3) is 0 Å². The molecule has 160 valence electrons. The van der Waals surface area contributed by atoms with E-state index in [1.54, 1.807) is 6.26 Å². The van der Waals surface area contributed by atoms with Gasteiger partial charge >= 0.3 is 0 Å². The van der Waals surface area contributed by atoms with Crippen LogP contribution < -0.4 is 10.6 Å². The Labute approximate surface area is 187 Å². The van der Waals surface area contributed by atoms with Crippen LogP contribution in [0.2, 0.25) is 0 Å². The van der Waals surface area contributed by atoms with Crippen molar-refractivity contribution < 1.29 is 4.42 Å². The zero-order chi connectivity index (χ0) is 18.9. The van der Waals surface area contributed by atoms with Crippen molar-refractivity contribution in [1.82, 2.24) is 20.4 Å². The lowest BCUT2D eigenvalue weighted by molar-refractivity contribution is 0.159. The first-order valence-electron chi connectivity index (χ1n) is 10.7. The molecular formula is C21H38IN5O. The molecule has 2 fully saturated rings. The van der Waals surface area contributed by atoms with Crippen LogP contribution in [-0.4, -0.2) is 68.1 Å². The minimum absolute atomic E-state index is 0. The first kappa shape index (κ1) is 23.5. The van der Waals surface area contributed by atoms with E-state index < -0.39 is 0 Å². The molecule has 2 N–H and O–H groups in total. The van der Waals surface area contributed by atoms with Crippen LogP contribution in [0.4, 0.5) is 0 Å². The van der Waals surface area contributed by atoms with Gasteiger partial charge in [-0.2, -0.15) is 0 Å². The van der Waals surface area contributed by atoms with Crippen molar-refractivity contribution in [2.45, 2.75) is 57.5 Å². The number of nitrogens with one attached hydrogen (secondary N) is 2. The average molecular weight is 503 g/mol. The Balaban J connectivity index is 0.00000280. The molecule has 2 saturated heterocycles. The van der Waals surface area contributed by atoms with Gasteiger partial charge in [-0.1, -0.05) is 6.42 Å². The molecule has 0 bridgehead atoms. The summed E-state index contributed by atoms with van der Waals surface area (Å²) in [5.41, 5.74) is 0. The maximum atomic E-state index is 5.70. The van der Waals surface area contributed by atoms with Gasteiger partial charge in [-0.05, 0) is 70.8 Å². The predicted molar refractivity (Wildman–Crippen MR) is 127 cm³/mol. The van der Waals surface area contributed by atoms with Gasteiger partial charge < -0.3 is 20.0 Å². The Kier molecular flexibility index (Phi) is 10.6. The number of rotatable bonds is 8. The molecule has 1 aromatic heterocycles. The van der Waals surface area contributed by atoms with Crippen LogP contribution in [0.1, 0.15) is 57.3 Å². The number of hydrogen-bond donors (Lipinski definition) is 2. The maximum absolute atomic E-state index is 5.70. The largest absolute Gasteiger partial charge is 0.468 e. The number of piperidine rings is 1. The first-order chi connectivity index (χ1) is 13.3. The summed E-state index contributed by atoms with van der Waals surface area (Å²) in [4.78, 5) is 9.54. The van der Waals surface area contributed by atoms with Crippen molar-refractivity contribution in [1.29, 1.82) is 0 Å². The molecule has 6 nitrogen and oxygen atoms in total. The van der Waals surface area contributed by atoms with Crippen LogP contribution in [-0.2, 0) is 0 Å². The fourth-order valence-corrected chi connectivity index (χ4v) is 4.34. The van der Waals surface area contributed by atoms with Crippen LogP contribution >= 0.6 is 24.0 Å². The zero-order valence-electron chi connectivity index (χ0n) is 17.5. The molecule has 28 heavy (non-hydrogen) atoms. The Hall–Kier alpha value is -0.800. The topological polar surface area (TPSA) is 56.0 Å². The highest BCUT2D eigenvalue weighted by Gasteiger charge is 2.25. The van der Waals surface area contributed by atoms with Gasteiger partial charge in [0.1, 0.15) is 5.76 Å². The van der Waals surface area contributed by atoms with Crippen LogP contribution in [0.25, 0.3) is 0 Å². The lowest BCUT2D eigenvalue weighted by atomic mass is 10.0. The third-order valence-corrected chi connectivity index (χ3v) is 5.99. The van der Waals surface area contributed by atoms with E-state index in [4.69, 9.17) is 4.42 Å². The summed E-state index contributed by atoms with van der Waals surface area (Å²) in [5.74, 6) is 1.93. The van der Waals surface area contributed by atoms with Gasteiger partial charge in [0.2, 0.25) is 0 Å². The summed E-state index contributed by atoms with van der Waals surface area (Å²) in [6, 6.07) is 5.08. The zero-order valence-corrected chi connectivity index (χ0v) is 19.9. The third-order valence-electron chi connectivity index (χ3n) is 5.99. The summed E-state index contributed by atoms with van der Waals surface area (Å²) in [5, 5.41) is 6.98. The van der Waals surface area contributed by atoms with Gasteiger partial charge in [-0.3, -0.25) is 9.89 Å². The van der Waals surface area contributed by atoms with Crippen molar-refractivity contribution in [3.05, 3.63) is 24.2 Å². The number of likely N-dealkylation sites (tertiary alicyclic amines) is 2. The van der Waals surface area contributed by atoms with Crippen molar-refractivity contribution in [3.63, 3.8) is 0 Å². The Morgan fingerprint density at radius 1 is 1.21 bits per heavy atom. The molecule has 0 amide bonds. The fraction of sp³-hybridized carbons (Fsp3) is 0.762. The SMILES string of the molecule is CN=C(NCCCN1CCCCC1C)NCC(c1ccco1)N1CCCC1.I. The van der Waals surface area contributed by atoms with Crippen LogP contribution in [0.15, 0.2) is 27.8 Å². The minimum Gasteiger partial charge on any atom is -0.468 e. The standard InChI is InChI=1S/C21H37N5O.HI/c1-18-9-3-4-12-25(18)15-8-11-23-21(22-2)24-17-19(20-10-7-16-27-20)26-13-5-6-14-26;/h7,10,16,18-19H,3-6,8-9,11-15,17H2,1-2H3,(H2,22,23,24);1H. The molecule has 0 radical (unpaired) electrons. The van der Waals surface area contributed by atoms with E-state index in [1.165, 1.54) is 45.2 Å². The molecule has 1 aromatic rings. The highest BCUT2D eigenvalue weighted by molar-refractivity contribution is 14.0. The molecule has 3 heterocycles. The molecular weight excluding hydrogens is 465 g/mol. The van der Waals surface area contributed by atoms with Gasteiger partial charge in [-0.15, -0.1) is 24.0 Å². The van der Waals surface area contributed by atoms with Crippen LogP contribution in [0.3, 0.4) is 0 Å². The normalized spacial score (nSPS) is 22.6. The average Bonchev–Trinajstić information content (AvgIpc) is 3.39. The highest BCUT2D eigenvalue weighted by atomic mass is 127. The van der Waals surface area contributed by atoms with E-state index in [0.717, 1.165) is 50.4 Å². The van der Waals surface area contributed by atoms with Crippen molar-refractivity contribution in [3.8, 4) is 0 Å². The number of hydrogen-bond acceptors (Lipinski definition) is 4. The molecule has 3 rings (SSSR count). The van der Waals surface area contributed by atoms with Gasteiger partial charge in [-0.25, -0.2) is 0 Å². The first-order valence-corrected chi connectivity index (χ1v) is 10.7. The van der Waals surface area contributed by atoms with Crippen molar-refractivity contribution in [2.75, 3.05) is 46.3 Å². The van der Waals surface area contributed by atoms with Crippen molar-refractivity contribution >= 4 is 29.9 Å². The van der Waals surface area contributed by atoms with E-state index in [-0.39, 0.29) is 30.0 Å². The molecule has 2 atom stereocenters. The molecule has 0 aromatic carbocycles. The van der Waals surface area contributed by atoms with E-state index in [9.17, 15) is 0 Å². The molecule has 0 aliphatic carbocycles. The Bertz CT molecular complexity index is 559. The summed E-state index contributed by atoms with van der Waals surface area (Å²) in [6.07, 6.45) is 9.57. The summed E-state index contributed by atoms with van der Waals surface area (Å²) >= 11 is 0. The number of nitrogens with zero attached hydrogens (tertiary/aromatic N) is 3. The second-order valence-corrected chi connectivity index (χ2v) is 7.89. The van der Waals surface area contributed by atoms with Crippen molar-refractivity contribution in [2.24, 2.45) is 4.99 Å². The van der Waals surface area contributed by atoms with E-state index in [0.29, 0.717) is 0 Å². The smallest absolute Gasteiger partial charge is 0.191 e. The lowest BCUT2D eigenvalue weighted by Gasteiger charge is -2.33. The highest BCUT2D eigenvalue weighted by Crippen LogP contribution is 2.24. The number of halogens is 1. The predicted octanol–water partition coefficient (Wildman–Crippen LogP) is 3.46. The number of guanidine groups is 1. The maximum Gasteiger partial charge on any atom is 0.191 e. The number of furan rings is 1. The third kappa shape index (κ3) is 6.91. The van der Waals surface area contributed by atoms with E-state index >= 15 is 0 Å². The fourth-order valence-electron chi connectivity index (χ4n) is 4.34. The second kappa shape index (κ2) is 12.7. The van der Waals surface area contributed by atoms with Gasteiger partial charge in [0.05, 0.1) is 12.3 Å². The summed E-state index contributed by atoms with van der Waals surface area (Å²) in [6.45, 7) is 8.86. The Morgan fingerprint density at radius 3 is 2.68 bits per heavy atom. The summed E-state index contributed by atoms with van der Waals surface area (Å²) in [7, 11) is 1.85. The van der Waals surface area contributed by atoms with E-state index in [1.807, 2.05) is 13.1 Å². The molecule has 0 spiro atoms. The number of aliphatic imine (C=N–C) groups is 1. The molecule has 7 heteroatoms. The van der Waals surface area contributed by atoms with Gasteiger partial charge in [0.15, 0.2) is 5.96 Å². The van der Waals surface area contributed by atoms with Crippen LogP contribution in [0, 0.1) is 0 Å². The lowest BCUT2D eigenvalue weighted by Crippen LogP contribution is -2.44. The molecule has 2 aliphatic rings. The second-order valence-electron chi connectivity index (χ2n) is 7.89. The van der Waals surface area contributed by atoms with E-state index in [2.05, 4.69) is 38.4 Å².